The van der Waals surface area contributed by atoms with Crippen molar-refractivity contribution in [3.05, 3.63) is 71.3 Å². The second-order valence-electron chi connectivity index (χ2n) is 6.82. The quantitative estimate of drug-likeness (QED) is 0.624. The SMILES string of the molecule is CN(C)[C@H](CNC(=O)C[C@H](O)c1ccccc1)Cc1ccc(C(N)=O)cc1. The molecular formula is C21H27N3O3. The summed E-state index contributed by atoms with van der Waals surface area (Å²) < 4.78 is 0. The number of amides is 2. The number of nitrogens with two attached hydrogens (primary N) is 1. The minimum atomic E-state index is -0.814. The molecule has 0 heterocycles. The number of primary amides is 1. The van der Waals surface area contributed by atoms with Crippen LogP contribution < -0.4 is 11.1 Å². The molecule has 2 aromatic carbocycles. The number of nitrogens with zero attached hydrogens (tertiary/aromatic N) is 1. The van der Waals surface area contributed by atoms with Crippen molar-refractivity contribution in [2.24, 2.45) is 5.73 Å². The molecule has 144 valence electrons. The molecule has 0 aliphatic heterocycles. The molecule has 6 nitrogen and oxygen atoms in total. The number of hydrogen-bond donors (Lipinski definition) is 3. The third-order valence-electron chi connectivity index (χ3n) is 4.54. The van der Waals surface area contributed by atoms with Crippen LogP contribution in [-0.2, 0) is 11.2 Å². The van der Waals surface area contributed by atoms with Crippen molar-refractivity contribution >= 4 is 11.8 Å². The van der Waals surface area contributed by atoms with E-state index in [1.165, 1.54) is 0 Å². The van der Waals surface area contributed by atoms with E-state index in [-0.39, 0.29) is 18.4 Å². The second kappa shape index (κ2) is 9.85. The maximum Gasteiger partial charge on any atom is 0.248 e. The van der Waals surface area contributed by atoms with Gasteiger partial charge < -0.3 is 21.1 Å². The number of rotatable bonds is 9. The highest BCUT2D eigenvalue weighted by atomic mass is 16.3. The van der Waals surface area contributed by atoms with Crippen LogP contribution in [0.5, 0.6) is 0 Å². The van der Waals surface area contributed by atoms with Crippen LogP contribution in [-0.4, -0.2) is 48.5 Å². The molecule has 0 radical (unpaired) electrons. The summed E-state index contributed by atoms with van der Waals surface area (Å²) in [5.41, 5.74) is 7.52. The molecule has 0 saturated carbocycles. The molecular weight excluding hydrogens is 342 g/mol. The van der Waals surface area contributed by atoms with Gasteiger partial charge in [0.2, 0.25) is 11.8 Å². The van der Waals surface area contributed by atoms with E-state index in [4.69, 9.17) is 5.73 Å². The highest BCUT2D eigenvalue weighted by Gasteiger charge is 2.17. The van der Waals surface area contributed by atoms with Gasteiger partial charge in [-0.05, 0) is 43.8 Å². The van der Waals surface area contributed by atoms with E-state index in [1.54, 1.807) is 24.3 Å². The summed E-state index contributed by atoms with van der Waals surface area (Å²) in [6, 6.07) is 16.4. The van der Waals surface area contributed by atoms with Crippen molar-refractivity contribution in [3.63, 3.8) is 0 Å². The van der Waals surface area contributed by atoms with Crippen molar-refractivity contribution < 1.29 is 14.7 Å². The molecule has 27 heavy (non-hydrogen) atoms. The molecule has 0 saturated heterocycles. The van der Waals surface area contributed by atoms with Crippen molar-refractivity contribution in [3.8, 4) is 0 Å². The molecule has 2 aromatic rings. The van der Waals surface area contributed by atoms with E-state index < -0.39 is 12.0 Å². The van der Waals surface area contributed by atoms with Crippen LogP contribution in [0.15, 0.2) is 54.6 Å². The predicted molar refractivity (Wildman–Crippen MR) is 105 cm³/mol. The van der Waals surface area contributed by atoms with Crippen LogP contribution in [0.1, 0.15) is 34.0 Å². The molecule has 0 unspecified atom stereocenters. The van der Waals surface area contributed by atoms with Crippen molar-refractivity contribution in [2.75, 3.05) is 20.6 Å². The molecule has 0 bridgehead atoms. The van der Waals surface area contributed by atoms with Gasteiger partial charge in [0.15, 0.2) is 0 Å². The number of carbonyl (C=O) groups is 2. The Labute approximate surface area is 160 Å². The van der Waals surface area contributed by atoms with Gasteiger partial charge in [0.1, 0.15) is 0 Å². The van der Waals surface area contributed by atoms with Gasteiger partial charge in [-0.15, -0.1) is 0 Å². The molecule has 4 N–H and O–H groups in total. The summed E-state index contributed by atoms with van der Waals surface area (Å²) in [6.45, 7) is 0.463. The number of likely N-dealkylation sites (N-methyl/N-ethyl adjacent to an activating group) is 1. The number of carbonyl (C=O) groups excluding carboxylic acids is 2. The Morgan fingerprint density at radius 1 is 1.07 bits per heavy atom. The average molecular weight is 369 g/mol. The lowest BCUT2D eigenvalue weighted by Gasteiger charge is -2.25. The number of benzene rings is 2. The fourth-order valence-electron chi connectivity index (χ4n) is 2.79. The van der Waals surface area contributed by atoms with Crippen LogP contribution in [0.25, 0.3) is 0 Å². The zero-order valence-electron chi connectivity index (χ0n) is 15.8. The minimum Gasteiger partial charge on any atom is -0.388 e. The monoisotopic (exact) mass is 369 g/mol. The summed E-state index contributed by atoms with van der Waals surface area (Å²) >= 11 is 0. The zero-order chi connectivity index (χ0) is 19.8. The van der Waals surface area contributed by atoms with Gasteiger partial charge in [0.25, 0.3) is 0 Å². The lowest BCUT2D eigenvalue weighted by molar-refractivity contribution is -0.123. The number of aliphatic hydroxyl groups excluding tert-OH is 1. The Morgan fingerprint density at radius 3 is 2.26 bits per heavy atom. The molecule has 0 aliphatic rings. The van der Waals surface area contributed by atoms with E-state index in [0.29, 0.717) is 18.5 Å². The van der Waals surface area contributed by atoms with Crippen molar-refractivity contribution in [1.82, 2.24) is 10.2 Å². The molecule has 6 heteroatoms. The Morgan fingerprint density at radius 2 is 1.70 bits per heavy atom. The molecule has 0 aromatic heterocycles. The van der Waals surface area contributed by atoms with Gasteiger partial charge in [-0.2, -0.15) is 0 Å². The van der Waals surface area contributed by atoms with Gasteiger partial charge >= 0.3 is 0 Å². The minimum absolute atomic E-state index is 0.0253. The Bertz CT molecular complexity index is 745. The fraction of sp³-hybridized carbons (Fsp3) is 0.333. The standard InChI is InChI=1S/C21H27N3O3/c1-24(2)18(12-15-8-10-17(11-9-15)21(22)27)14-23-20(26)13-19(25)16-6-4-3-5-7-16/h3-11,18-19,25H,12-14H2,1-2H3,(H2,22,27)(H,23,26)/t18-,19-/m0/s1. The van der Waals surface area contributed by atoms with E-state index in [0.717, 1.165) is 11.1 Å². The highest BCUT2D eigenvalue weighted by molar-refractivity contribution is 5.92. The summed E-state index contributed by atoms with van der Waals surface area (Å²) in [6.07, 6.45) is -0.0734. The normalized spacial score (nSPS) is 13.2. The fourth-order valence-corrected chi connectivity index (χ4v) is 2.79. The summed E-state index contributed by atoms with van der Waals surface area (Å²) in [5, 5.41) is 13.1. The average Bonchev–Trinajstić information content (AvgIpc) is 2.65. The topological polar surface area (TPSA) is 95.7 Å². The number of nitrogens with one attached hydrogen (secondary N) is 1. The lowest BCUT2D eigenvalue weighted by atomic mass is 10.0. The van der Waals surface area contributed by atoms with E-state index in [9.17, 15) is 14.7 Å². The van der Waals surface area contributed by atoms with Gasteiger partial charge in [-0.3, -0.25) is 9.59 Å². The van der Waals surface area contributed by atoms with E-state index in [1.807, 2.05) is 49.3 Å². The first-order chi connectivity index (χ1) is 12.9. The molecule has 0 spiro atoms. The highest BCUT2D eigenvalue weighted by Crippen LogP contribution is 2.15. The Hall–Kier alpha value is -2.70. The van der Waals surface area contributed by atoms with Crippen LogP contribution in [0.2, 0.25) is 0 Å². The first-order valence-corrected chi connectivity index (χ1v) is 8.91. The summed E-state index contributed by atoms with van der Waals surface area (Å²) in [5.74, 6) is -0.641. The lowest BCUT2D eigenvalue weighted by Crippen LogP contribution is -2.41. The first kappa shape index (κ1) is 20.6. The number of aliphatic hydroxyl groups is 1. The van der Waals surface area contributed by atoms with Crippen LogP contribution in [0, 0.1) is 0 Å². The largest absolute Gasteiger partial charge is 0.388 e. The Balaban J connectivity index is 1.88. The summed E-state index contributed by atoms with van der Waals surface area (Å²) in [4.78, 5) is 25.4. The van der Waals surface area contributed by atoms with Gasteiger partial charge in [-0.1, -0.05) is 42.5 Å². The Kier molecular flexibility index (Phi) is 7.52. The zero-order valence-corrected chi connectivity index (χ0v) is 15.8. The smallest absolute Gasteiger partial charge is 0.248 e. The van der Waals surface area contributed by atoms with Crippen molar-refractivity contribution in [2.45, 2.75) is 25.0 Å². The molecule has 2 amide bonds. The van der Waals surface area contributed by atoms with Gasteiger partial charge in [0.05, 0.1) is 12.5 Å². The molecule has 0 fully saturated rings. The third kappa shape index (κ3) is 6.51. The second-order valence-corrected chi connectivity index (χ2v) is 6.82. The predicted octanol–water partition coefficient (Wildman–Crippen LogP) is 1.50. The third-order valence-corrected chi connectivity index (χ3v) is 4.54. The molecule has 2 rings (SSSR count). The van der Waals surface area contributed by atoms with E-state index in [2.05, 4.69) is 5.32 Å². The molecule has 2 atom stereocenters. The van der Waals surface area contributed by atoms with Gasteiger partial charge in [-0.25, -0.2) is 0 Å². The molecule has 0 aliphatic carbocycles. The van der Waals surface area contributed by atoms with Gasteiger partial charge in [0, 0.05) is 18.2 Å². The van der Waals surface area contributed by atoms with Crippen LogP contribution in [0.4, 0.5) is 0 Å². The van der Waals surface area contributed by atoms with Crippen LogP contribution in [0.3, 0.4) is 0 Å². The summed E-state index contributed by atoms with van der Waals surface area (Å²) in [7, 11) is 3.90. The van der Waals surface area contributed by atoms with Crippen molar-refractivity contribution in [1.29, 1.82) is 0 Å². The van der Waals surface area contributed by atoms with E-state index >= 15 is 0 Å². The maximum atomic E-state index is 12.2. The number of hydrogen-bond acceptors (Lipinski definition) is 4. The maximum absolute atomic E-state index is 12.2. The van der Waals surface area contributed by atoms with Crippen LogP contribution >= 0.6 is 0 Å². The first-order valence-electron chi connectivity index (χ1n) is 8.91.